The highest BCUT2D eigenvalue weighted by Crippen LogP contribution is 2.32. The van der Waals surface area contributed by atoms with E-state index in [0.29, 0.717) is 25.1 Å². The smallest absolute Gasteiger partial charge is 0.338 e. The summed E-state index contributed by atoms with van der Waals surface area (Å²) in [4.78, 5) is 17.9. The van der Waals surface area contributed by atoms with Crippen molar-refractivity contribution in [3.05, 3.63) is 35.7 Å². The monoisotopic (exact) mass is 339 g/mol. The summed E-state index contributed by atoms with van der Waals surface area (Å²) in [5, 5.41) is 0. The zero-order chi connectivity index (χ0) is 17.3. The molecule has 24 heavy (non-hydrogen) atoms. The number of halogens is 3. The summed E-state index contributed by atoms with van der Waals surface area (Å²) in [6, 6.07) is 1.22. The molecular formula is C17H20F3N3O. The molecule has 4 nitrogen and oxygen atoms in total. The largest absolute Gasteiger partial charge is 0.417 e. The molecule has 1 aliphatic carbocycles. The summed E-state index contributed by atoms with van der Waals surface area (Å²) in [7, 11) is 0. The first-order chi connectivity index (χ1) is 11.3. The van der Waals surface area contributed by atoms with Crippen LogP contribution < -0.4 is 5.73 Å². The van der Waals surface area contributed by atoms with E-state index in [9.17, 15) is 18.0 Å². The lowest BCUT2D eigenvalue weighted by Crippen LogP contribution is -2.38. The third-order valence-electron chi connectivity index (χ3n) is 4.78. The minimum absolute atomic E-state index is 0.00910. The Morgan fingerprint density at radius 3 is 2.67 bits per heavy atom. The molecule has 130 valence electrons. The highest BCUT2D eigenvalue weighted by Gasteiger charge is 2.33. The van der Waals surface area contributed by atoms with Gasteiger partial charge in [-0.05, 0) is 42.9 Å². The van der Waals surface area contributed by atoms with Gasteiger partial charge >= 0.3 is 6.18 Å². The molecule has 2 atom stereocenters. The van der Waals surface area contributed by atoms with Gasteiger partial charge in [-0.3, -0.25) is 9.78 Å². The van der Waals surface area contributed by atoms with Crippen molar-refractivity contribution in [2.75, 3.05) is 13.1 Å². The van der Waals surface area contributed by atoms with Crippen LogP contribution in [-0.2, 0) is 11.0 Å². The van der Waals surface area contributed by atoms with Gasteiger partial charge in [-0.25, -0.2) is 0 Å². The zero-order valence-corrected chi connectivity index (χ0v) is 13.2. The fraction of sp³-hybridized carbons (Fsp3) is 0.529. The fourth-order valence-corrected chi connectivity index (χ4v) is 3.40. The van der Waals surface area contributed by atoms with E-state index in [-0.39, 0.29) is 17.9 Å². The molecule has 1 amide bonds. The molecule has 0 saturated heterocycles. The van der Waals surface area contributed by atoms with E-state index >= 15 is 0 Å². The first-order valence-corrected chi connectivity index (χ1v) is 8.10. The number of pyridine rings is 1. The van der Waals surface area contributed by atoms with Crippen molar-refractivity contribution in [3.8, 4) is 0 Å². The van der Waals surface area contributed by atoms with Gasteiger partial charge in [0.05, 0.1) is 5.56 Å². The van der Waals surface area contributed by atoms with Crippen molar-refractivity contribution in [1.29, 1.82) is 0 Å². The van der Waals surface area contributed by atoms with Crippen LogP contribution in [0.5, 0.6) is 0 Å². The quantitative estimate of drug-likeness (QED) is 0.901. The number of hydrogen-bond acceptors (Lipinski definition) is 3. The van der Waals surface area contributed by atoms with E-state index in [2.05, 4.69) is 4.98 Å². The second-order valence-electron chi connectivity index (χ2n) is 6.49. The van der Waals surface area contributed by atoms with Crippen molar-refractivity contribution in [1.82, 2.24) is 9.88 Å². The van der Waals surface area contributed by atoms with Gasteiger partial charge in [0.15, 0.2) is 0 Å². The number of nitrogens with zero attached hydrogens (tertiary/aromatic N) is 2. The fourth-order valence-electron chi connectivity index (χ4n) is 3.40. The molecule has 0 spiro atoms. The summed E-state index contributed by atoms with van der Waals surface area (Å²) in [6.45, 7) is 0.947. The molecular weight excluding hydrogens is 319 g/mol. The lowest BCUT2D eigenvalue weighted by Gasteiger charge is -2.29. The summed E-state index contributed by atoms with van der Waals surface area (Å²) in [6.07, 6.45) is 2.65. The Morgan fingerprint density at radius 1 is 1.29 bits per heavy atom. The Hall–Kier alpha value is -1.89. The standard InChI is InChI=1S/C17H20F3N3O/c18-17(19,20)14-7-13(9-22-10-14)11-3-5-23(6-4-11)16(24)12-1-2-15(21)8-12/h3,7,9-10,12,15H,1-2,4-6,8,21H2/t12-,15+/m0/s1. The molecule has 1 aromatic heterocycles. The maximum Gasteiger partial charge on any atom is 0.417 e. The highest BCUT2D eigenvalue weighted by molar-refractivity contribution is 5.80. The number of alkyl halides is 3. The molecule has 2 N–H and O–H groups in total. The van der Waals surface area contributed by atoms with Crippen LogP contribution in [0.1, 0.15) is 36.8 Å². The second kappa shape index (κ2) is 6.55. The average molecular weight is 339 g/mol. The molecule has 7 heteroatoms. The maximum absolute atomic E-state index is 12.8. The molecule has 1 saturated carbocycles. The predicted molar refractivity (Wildman–Crippen MR) is 83.7 cm³/mol. The first-order valence-electron chi connectivity index (χ1n) is 8.10. The molecule has 1 aromatic rings. The van der Waals surface area contributed by atoms with Crippen LogP contribution in [0.4, 0.5) is 13.2 Å². The van der Waals surface area contributed by atoms with Crippen molar-refractivity contribution >= 4 is 11.5 Å². The van der Waals surface area contributed by atoms with Crippen LogP contribution >= 0.6 is 0 Å². The first kappa shape index (κ1) is 17.0. The van der Waals surface area contributed by atoms with Gasteiger partial charge in [0, 0.05) is 37.4 Å². The summed E-state index contributed by atoms with van der Waals surface area (Å²) < 4.78 is 38.4. The number of amides is 1. The SMILES string of the molecule is N[C@@H]1CC[C@H](C(=O)N2CC=C(c3cncc(C(F)(F)F)c3)CC2)C1. The van der Waals surface area contributed by atoms with Gasteiger partial charge in [-0.15, -0.1) is 0 Å². The van der Waals surface area contributed by atoms with E-state index in [1.165, 1.54) is 6.20 Å². The zero-order valence-electron chi connectivity index (χ0n) is 13.2. The molecule has 3 rings (SSSR count). The van der Waals surface area contributed by atoms with Crippen molar-refractivity contribution in [3.63, 3.8) is 0 Å². The summed E-state index contributed by atoms with van der Waals surface area (Å²) in [5.74, 6) is 0.102. The third kappa shape index (κ3) is 3.61. The number of carbonyl (C=O) groups excluding carboxylic acids is 1. The Morgan fingerprint density at radius 2 is 2.08 bits per heavy atom. The van der Waals surface area contributed by atoms with Crippen LogP contribution in [0.25, 0.3) is 5.57 Å². The van der Waals surface area contributed by atoms with E-state index in [1.54, 1.807) is 4.90 Å². The topological polar surface area (TPSA) is 59.2 Å². The average Bonchev–Trinajstić information content (AvgIpc) is 3.00. The normalized spacial score (nSPS) is 24.8. The van der Waals surface area contributed by atoms with Crippen LogP contribution in [-0.4, -0.2) is 34.9 Å². The molecule has 0 unspecified atom stereocenters. The molecule has 2 heterocycles. The van der Waals surface area contributed by atoms with E-state index in [1.807, 2.05) is 6.08 Å². The highest BCUT2D eigenvalue weighted by atomic mass is 19.4. The van der Waals surface area contributed by atoms with Gasteiger partial charge in [0.25, 0.3) is 0 Å². The lowest BCUT2D eigenvalue weighted by atomic mass is 9.98. The molecule has 1 aliphatic heterocycles. The number of rotatable bonds is 2. The molecule has 0 radical (unpaired) electrons. The Labute approximate surface area is 138 Å². The van der Waals surface area contributed by atoms with Gasteiger partial charge in [-0.1, -0.05) is 6.08 Å². The molecule has 2 aliphatic rings. The number of hydrogen-bond donors (Lipinski definition) is 1. The van der Waals surface area contributed by atoms with E-state index in [4.69, 9.17) is 5.73 Å². The Kier molecular flexibility index (Phi) is 4.62. The molecule has 1 fully saturated rings. The second-order valence-corrected chi connectivity index (χ2v) is 6.49. The lowest BCUT2D eigenvalue weighted by molar-refractivity contribution is -0.138. The summed E-state index contributed by atoms with van der Waals surface area (Å²) >= 11 is 0. The minimum atomic E-state index is -4.40. The van der Waals surface area contributed by atoms with E-state index in [0.717, 1.165) is 37.1 Å². The number of aromatic nitrogens is 1. The molecule has 0 bridgehead atoms. The van der Waals surface area contributed by atoms with Gasteiger partial charge in [-0.2, -0.15) is 13.2 Å². The minimum Gasteiger partial charge on any atom is -0.338 e. The van der Waals surface area contributed by atoms with Gasteiger partial charge in [0.1, 0.15) is 0 Å². The number of carbonyl (C=O) groups is 1. The van der Waals surface area contributed by atoms with Crippen molar-refractivity contribution < 1.29 is 18.0 Å². The van der Waals surface area contributed by atoms with Crippen molar-refractivity contribution in [2.45, 2.75) is 37.9 Å². The van der Waals surface area contributed by atoms with Crippen LogP contribution in [0.15, 0.2) is 24.5 Å². The number of nitrogens with two attached hydrogens (primary N) is 1. The Bertz CT molecular complexity index is 657. The van der Waals surface area contributed by atoms with Crippen LogP contribution in [0.3, 0.4) is 0 Å². The van der Waals surface area contributed by atoms with Gasteiger partial charge < -0.3 is 10.6 Å². The summed E-state index contributed by atoms with van der Waals surface area (Å²) in [5.41, 5.74) is 6.39. The maximum atomic E-state index is 12.8. The van der Waals surface area contributed by atoms with Gasteiger partial charge in [0.2, 0.25) is 5.91 Å². The molecule has 0 aromatic carbocycles. The van der Waals surface area contributed by atoms with Crippen LogP contribution in [0, 0.1) is 5.92 Å². The third-order valence-corrected chi connectivity index (χ3v) is 4.78. The Balaban J connectivity index is 1.68. The van der Waals surface area contributed by atoms with E-state index < -0.39 is 11.7 Å². The van der Waals surface area contributed by atoms with Crippen LogP contribution in [0.2, 0.25) is 0 Å². The predicted octanol–water partition coefficient (Wildman–Crippen LogP) is 2.84. The van der Waals surface area contributed by atoms with Crippen molar-refractivity contribution in [2.24, 2.45) is 11.7 Å².